The molecule has 2 aromatic rings. The molecule has 0 radical (unpaired) electrons. The highest BCUT2D eigenvalue weighted by Crippen LogP contribution is 2.36. The van der Waals surface area contributed by atoms with Crippen LogP contribution in [0.3, 0.4) is 0 Å². The van der Waals surface area contributed by atoms with Crippen LogP contribution in [0.25, 0.3) is 11.3 Å². The van der Waals surface area contributed by atoms with Gasteiger partial charge in [0, 0.05) is 5.56 Å². The summed E-state index contributed by atoms with van der Waals surface area (Å²) in [7, 11) is 0. The number of hydrogen-bond donors (Lipinski definition) is 3. The Balaban J connectivity index is 2.07. The Hall–Kier alpha value is -2.28. The van der Waals surface area contributed by atoms with Gasteiger partial charge in [-0.05, 0) is 18.2 Å². The summed E-state index contributed by atoms with van der Waals surface area (Å²) in [6.45, 7) is 0.0398. The van der Waals surface area contributed by atoms with Gasteiger partial charge >= 0.3 is 0 Å². The van der Waals surface area contributed by atoms with Crippen molar-refractivity contribution in [2.24, 2.45) is 0 Å². The third-order valence-corrected chi connectivity index (χ3v) is 3.27. The van der Waals surface area contributed by atoms with E-state index in [0.717, 1.165) is 5.56 Å². The topological polar surface area (TPSA) is 103 Å². The van der Waals surface area contributed by atoms with Crippen molar-refractivity contribution in [1.82, 2.24) is 4.98 Å². The number of aromatic nitrogens is 1. The van der Waals surface area contributed by atoms with Crippen molar-refractivity contribution in [3.8, 4) is 17.0 Å². The first kappa shape index (κ1) is 10.8. The smallest absolute Gasteiger partial charge is 0.262 e. The van der Waals surface area contributed by atoms with Crippen molar-refractivity contribution in [2.45, 2.75) is 0 Å². The Morgan fingerprint density at radius 1 is 1.39 bits per heavy atom. The van der Waals surface area contributed by atoms with Crippen LogP contribution in [0.5, 0.6) is 5.75 Å². The maximum atomic E-state index is 11.3. The van der Waals surface area contributed by atoms with E-state index in [9.17, 15) is 4.79 Å². The fourth-order valence-corrected chi connectivity index (χ4v) is 2.41. The number of amides is 1. The van der Waals surface area contributed by atoms with Crippen LogP contribution < -0.4 is 21.5 Å². The molecule has 0 atom stereocenters. The number of nitrogens with two attached hydrogens (primary N) is 2. The summed E-state index contributed by atoms with van der Waals surface area (Å²) < 4.78 is 5.28. The summed E-state index contributed by atoms with van der Waals surface area (Å²) in [5.74, 6) is 0.463. The lowest BCUT2D eigenvalue weighted by Crippen LogP contribution is -2.25. The molecule has 92 valence electrons. The second-order valence-corrected chi connectivity index (χ2v) is 4.87. The number of hydrogen-bond acceptors (Lipinski definition) is 6. The Kier molecular flexibility index (Phi) is 2.34. The fraction of sp³-hybridized carbons (Fsp3) is 0.0909. The summed E-state index contributed by atoms with van der Waals surface area (Å²) in [6, 6.07) is 5.39. The standard InChI is InChI=1S/C11H10N4O2S/c12-10-9(15-11(13)18-10)5-1-2-7-6(3-5)14-8(16)4-17-7/h1-3H,4,12H2,(H2,13,15)(H,14,16). The summed E-state index contributed by atoms with van der Waals surface area (Å²) in [5, 5.41) is 3.70. The number of nitrogens with one attached hydrogen (secondary N) is 1. The molecule has 0 saturated carbocycles. The molecule has 0 aliphatic carbocycles. The Bertz CT molecular complexity index is 638. The summed E-state index contributed by atoms with van der Waals surface area (Å²) in [5.41, 5.74) is 13.5. The molecule has 1 aliphatic heterocycles. The van der Waals surface area contributed by atoms with Gasteiger partial charge in [0.05, 0.1) is 5.69 Å². The van der Waals surface area contributed by atoms with Crippen molar-refractivity contribution in [3.05, 3.63) is 18.2 Å². The zero-order valence-corrected chi connectivity index (χ0v) is 10.1. The molecule has 6 nitrogen and oxygen atoms in total. The quantitative estimate of drug-likeness (QED) is 0.718. The molecular formula is C11H10N4O2S. The molecule has 0 fully saturated rings. The van der Waals surface area contributed by atoms with Crippen molar-refractivity contribution in [1.29, 1.82) is 0 Å². The van der Waals surface area contributed by atoms with Gasteiger partial charge in [0.2, 0.25) is 0 Å². The number of rotatable bonds is 1. The summed E-state index contributed by atoms with van der Waals surface area (Å²) >= 11 is 1.23. The predicted molar refractivity (Wildman–Crippen MR) is 70.5 cm³/mol. The van der Waals surface area contributed by atoms with Crippen LogP contribution in [-0.4, -0.2) is 17.5 Å². The van der Waals surface area contributed by atoms with Crippen LogP contribution in [-0.2, 0) is 4.79 Å². The molecule has 18 heavy (non-hydrogen) atoms. The van der Waals surface area contributed by atoms with E-state index >= 15 is 0 Å². The Morgan fingerprint density at radius 3 is 2.94 bits per heavy atom. The molecule has 2 heterocycles. The van der Waals surface area contributed by atoms with Crippen molar-refractivity contribution in [3.63, 3.8) is 0 Å². The molecule has 1 aromatic carbocycles. The lowest BCUT2D eigenvalue weighted by atomic mass is 10.1. The second kappa shape index (κ2) is 3.88. The van der Waals surface area contributed by atoms with E-state index in [0.29, 0.717) is 27.3 Å². The molecule has 7 heteroatoms. The van der Waals surface area contributed by atoms with Crippen molar-refractivity contribution in [2.75, 3.05) is 23.4 Å². The van der Waals surface area contributed by atoms with Gasteiger partial charge in [0.1, 0.15) is 16.4 Å². The Morgan fingerprint density at radius 2 is 2.22 bits per heavy atom. The van der Waals surface area contributed by atoms with Crippen LogP contribution in [0, 0.1) is 0 Å². The molecule has 0 unspecified atom stereocenters. The van der Waals surface area contributed by atoms with Gasteiger partial charge in [-0.15, -0.1) is 0 Å². The maximum absolute atomic E-state index is 11.3. The first-order valence-corrected chi connectivity index (χ1v) is 6.04. The third kappa shape index (κ3) is 1.74. The first-order valence-electron chi connectivity index (χ1n) is 5.22. The SMILES string of the molecule is Nc1nc(-c2ccc3c(c2)NC(=O)CO3)c(N)s1. The van der Waals surface area contributed by atoms with Gasteiger partial charge in [-0.1, -0.05) is 11.3 Å². The van der Waals surface area contributed by atoms with E-state index in [1.165, 1.54) is 11.3 Å². The van der Waals surface area contributed by atoms with E-state index in [1.807, 2.05) is 6.07 Å². The maximum Gasteiger partial charge on any atom is 0.262 e. The number of benzene rings is 1. The minimum absolute atomic E-state index is 0.0398. The highest BCUT2D eigenvalue weighted by Gasteiger charge is 2.18. The van der Waals surface area contributed by atoms with Crippen LogP contribution in [0.2, 0.25) is 0 Å². The lowest BCUT2D eigenvalue weighted by Gasteiger charge is -2.18. The van der Waals surface area contributed by atoms with E-state index in [1.54, 1.807) is 12.1 Å². The average Bonchev–Trinajstić information content (AvgIpc) is 2.67. The zero-order valence-electron chi connectivity index (χ0n) is 9.27. The number of fused-ring (bicyclic) bond motifs is 1. The fourth-order valence-electron chi connectivity index (χ4n) is 1.79. The van der Waals surface area contributed by atoms with Gasteiger partial charge in [-0.25, -0.2) is 4.98 Å². The highest BCUT2D eigenvalue weighted by molar-refractivity contribution is 7.19. The van der Waals surface area contributed by atoms with Crippen LogP contribution in [0.1, 0.15) is 0 Å². The van der Waals surface area contributed by atoms with E-state index in [-0.39, 0.29) is 12.5 Å². The number of thiazole rings is 1. The number of carbonyl (C=O) groups excluding carboxylic acids is 1. The first-order chi connectivity index (χ1) is 8.63. The minimum atomic E-state index is -0.176. The van der Waals surface area contributed by atoms with E-state index in [2.05, 4.69) is 10.3 Å². The monoisotopic (exact) mass is 262 g/mol. The molecule has 0 saturated heterocycles. The normalized spacial score (nSPS) is 13.7. The largest absolute Gasteiger partial charge is 0.482 e. The van der Waals surface area contributed by atoms with E-state index in [4.69, 9.17) is 16.2 Å². The van der Waals surface area contributed by atoms with Crippen molar-refractivity contribution >= 4 is 33.1 Å². The average molecular weight is 262 g/mol. The molecule has 1 amide bonds. The van der Waals surface area contributed by atoms with Crippen molar-refractivity contribution < 1.29 is 9.53 Å². The van der Waals surface area contributed by atoms with Gasteiger partial charge in [-0.2, -0.15) is 0 Å². The zero-order chi connectivity index (χ0) is 12.7. The molecule has 0 spiro atoms. The summed E-state index contributed by atoms with van der Waals surface area (Å²) in [6.07, 6.45) is 0. The van der Waals surface area contributed by atoms with Crippen LogP contribution >= 0.6 is 11.3 Å². The van der Waals surface area contributed by atoms with Gasteiger partial charge in [0.25, 0.3) is 5.91 Å². The van der Waals surface area contributed by atoms with Crippen LogP contribution in [0.15, 0.2) is 18.2 Å². The predicted octanol–water partition coefficient (Wildman–Crippen LogP) is 1.31. The number of nitrogens with zero attached hydrogens (tertiary/aromatic N) is 1. The lowest BCUT2D eigenvalue weighted by molar-refractivity contribution is -0.118. The molecule has 1 aliphatic rings. The third-order valence-electron chi connectivity index (χ3n) is 2.56. The summed E-state index contributed by atoms with van der Waals surface area (Å²) in [4.78, 5) is 15.4. The Labute approximate surface area is 107 Å². The highest BCUT2D eigenvalue weighted by atomic mass is 32.1. The van der Waals surface area contributed by atoms with Gasteiger partial charge < -0.3 is 21.5 Å². The number of carbonyl (C=O) groups is 1. The number of ether oxygens (including phenoxy) is 1. The molecule has 0 bridgehead atoms. The van der Waals surface area contributed by atoms with Crippen LogP contribution in [0.4, 0.5) is 15.8 Å². The number of nitrogen functional groups attached to an aromatic ring is 2. The molecule has 1 aromatic heterocycles. The molecule has 5 N–H and O–H groups in total. The second-order valence-electron chi connectivity index (χ2n) is 3.81. The molecule has 3 rings (SSSR count). The minimum Gasteiger partial charge on any atom is -0.482 e. The molecular weight excluding hydrogens is 252 g/mol. The van der Waals surface area contributed by atoms with Gasteiger partial charge in [0.15, 0.2) is 11.7 Å². The van der Waals surface area contributed by atoms with E-state index < -0.39 is 0 Å². The number of anilines is 3. The van der Waals surface area contributed by atoms with Gasteiger partial charge in [-0.3, -0.25) is 4.79 Å².